The molecule has 0 saturated heterocycles. The van der Waals surface area contributed by atoms with E-state index >= 15 is 0 Å². The van der Waals surface area contributed by atoms with Crippen molar-refractivity contribution in [1.29, 1.82) is 0 Å². The summed E-state index contributed by atoms with van der Waals surface area (Å²) < 4.78 is 5.53. The predicted molar refractivity (Wildman–Crippen MR) is 186 cm³/mol. The van der Waals surface area contributed by atoms with Gasteiger partial charge in [0.2, 0.25) is 11.8 Å². The van der Waals surface area contributed by atoms with E-state index in [9.17, 15) is 29.4 Å². The van der Waals surface area contributed by atoms with E-state index < -0.39 is 47.6 Å². The molecule has 1 aromatic heterocycles. The number of aliphatic hydroxyl groups excluding tert-OH is 1. The van der Waals surface area contributed by atoms with E-state index in [0.717, 1.165) is 31.2 Å². The number of amides is 3. The largest absolute Gasteiger partial charge is 0.465 e. The molecule has 0 spiro atoms. The normalized spacial score (nSPS) is 17.0. The number of esters is 1. The minimum atomic E-state index is -1.35. The Morgan fingerprint density at radius 3 is 2.20 bits per heavy atom. The van der Waals surface area contributed by atoms with Crippen LogP contribution >= 0.6 is 0 Å². The van der Waals surface area contributed by atoms with Gasteiger partial charge < -0.3 is 35.9 Å². The van der Waals surface area contributed by atoms with Gasteiger partial charge >= 0.3 is 12.1 Å². The number of hydrogen-bond acceptors (Lipinski definition) is 7. The van der Waals surface area contributed by atoms with Crippen molar-refractivity contribution in [3.63, 3.8) is 0 Å². The summed E-state index contributed by atoms with van der Waals surface area (Å²) in [5, 5.41) is 29.4. The van der Waals surface area contributed by atoms with Crippen molar-refractivity contribution < 1.29 is 34.1 Å². The monoisotopic (exact) mass is 683 g/mol. The van der Waals surface area contributed by atoms with E-state index in [1.807, 2.05) is 26.8 Å². The summed E-state index contributed by atoms with van der Waals surface area (Å²) in [7, 11) is 0. The minimum absolute atomic E-state index is 0.0369. The smallest absolute Gasteiger partial charge is 0.405 e. The Kier molecular flexibility index (Phi) is 15.6. The molecule has 12 heteroatoms. The Morgan fingerprint density at radius 2 is 1.61 bits per heavy atom. The molecule has 3 rings (SSSR count). The number of H-pyrrole nitrogens is 1. The number of aromatic amines is 1. The van der Waals surface area contributed by atoms with Gasteiger partial charge in [0.05, 0.1) is 30.5 Å². The van der Waals surface area contributed by atoms with E-state index in [4.69, 9.17) is 4.74 Å². The maximum absolute atomic E-state index is 14.1. The molecule has 49 heavy (non-hydrogen) atoms. The molecule has 1 aliphatic carbocycles. The standard InChI is InChI=1S/C37H57N5O7/c1-24(2)27(16-17-49-35(46)37(3,4)5)20-32(43)29(18-25-12-8-6-9-13-25)40-34(45)31(21-28-22-38-23-39-28)41-33(44)30(42-36(47)48)19-26-14-10-7-11-15-26/h7,10-11,14-15,22-25,27,29-32,42-43H,6,8-9,12-13,16-21H2,1-5H3,(H,38,39)(H,40,45)(H,41,44)(H,47,48)/t27-,29-,30-,31?,32-/m0/s1. The van der Waals surface area contributed by atoms with Crippen LogP contribution in [0.15, 0.2) is 42.9 Å². The Balaban J connectivity index is 1.79. The molecule has 12 nitrogen and oxygen atoms in total. The van der Waals surface area contributed by atoms with Gasteiger partial charge in [0.1, 0.15) is 12.1 Å². The number of rotatable bonds is 18. The maximum atomic E-state index is 14.1. The van der Waals surface area contributed by atoms with Crippen molar-refractivity contribution in [2.75, 3.05) is 6.61 Å². The zero-order valence-corrected chi connectivity index (χ0v) is 29.7. The topological polar surface area (TPSA) is 183 Å². The summed E-state index contributed by atoms with van der Waals surface area (Å²) in [6, 6.07) is 6.26. The number of carboxylic acid groups (broad SMARTS) is 1. The number of ether oxygens (including phenoxy) is 1. The Morgan fingerprint density at radius 1 is 0.959 bits per heavy atom. The van der Waals surface area contributed by atoms with Crippen LogP contribution in [0.1, 0.15) is 97.2 Å². The van der Waals surface area contributed by atoms with Crippen molar-refractivity contribution in [2.24, 2.45) is 23.2 Å². The Labute approximate surface area is 290 Å². The molecule has 1 unspecified atom stereocenters. The summed E-state index contributed by atoms with van der Waals surface area (Å²) in [6.07, 6.45) is 8.01. The quantitative estimate of drug-likeness (QED) is 0.121. The number of nitrogens with one attached hydrogen (secondary N) is 4. The van der Waals surface area contributed by atoms with Crippen LogP contribution in [0, 0.1) is 23.2 Å². The second kappa shape index (κ2) is 19.3. The summed E-state index contributed by atoms with van der Waals surface area (Å²) in [4.78, 5) is 58.6. The molecule has 0 bridgehead atoms. The van der Waals surface area contributed by atoms with Gasteiger partial charge in [-0.25, -0.2) is 9.78 Å². The second-order valence-electron chi connectivity index (χ2n) is 14.9. The van der Waals surface area contributed by atoms with E-state index in [-0.39, 0.29) is 37.3 Å². The molecule has 2 aromatic rings. The highest BCUT2D eigenvalue weighted by atomic mass is 16.5. The Bertz CT molecular complexity index is 1310. The lowest BCUT2D eigenvalue weighted by Gasteiger charge is -2.34. The average Bonchev–Trinajstić information content (AvgIpc) is 3.56. The van der Waals surface area contributed by atoms with Gasteiger partial charge in [0.15, 0.2) is 0 Å². The molecule has 6 N–H and O–H groups in total. The number of benzene rings is 1. The molecule has 0 radical (unpaired) electrons. The number of carbonyl (C=O) groups is 4. The fraction of sp³-hybridized carbons (Fsp3) is 0.649. The number of hydrogen-bond donors (Lipinski definition) is 6. The lowest BCUT2D eigenvalue weighted by Crippen LogP contribution is -2.57. The van der Waals surface area contributed by atoms with E-state index in [1.54, 1.807) is 30.5 Å². The van der Waals surface area contributed by atoms with Crippen LogP contribution in [0.25, 0.3) is 0 Å². The van der Waals surface area contributed by atoms with Crippen LogP contribution in [0.2, 0.25) is 0 Å². The van der Waals surface area contributed by atoms with Crippen molar-refractivity contribution in [2.45, 2.75) is 123 Å². The molecule has 1 saturated carbocycles. The predicted octanol–water partition coefficient (Wildman–Crippen LogP) is 4.77. The lowest BCUT2D eigenvalue weighted by molar-refractivity contribution is -0.153. The number of aromatic nitrogens is 2. The molecule has 1 aromatic carbocycles. The molecule has 0 aliphatic heterocycles. The molecule has 1 aliphatic rings. The average molecular weight is 684 g/mol. The van der Waals surface area contributed by atoms with E-state index in [1.165, 1.54) is 12.7 Å². The first-order chi connectivity index (χ1) is 23.2. The van der Waals surface area contributed by atoms with Gasteiger partial charge in [-0.05, 0) is 63.4 Å². The maximum Gasteiger partial charge on any atom is 0.405 e. The van der Waals surface area contributed by atoms with Crippen LogP contribution in [0.3, 0.4) is 0 Å². The first-order valence-corrected chi connectivity index (χ1v) is 17.7. The molecule has 5 atom stereocenters. The van der Waals surface area contributed by atoms with Crippen LogP contribution in [0.4, 0.5) is 4.79 Å². The van der Waals surface area contributed by atoms with Crippen LogP contribution in [-0.4, -0.2) is 74.9 Å². The number of nitrogens with zero attached hydrogens (tertiary/aromatic N) is 1. The third-order valence-electron chi connectivity index (χ3n) is 9.43. The van der Waals surface area contributed by atoms with Gasteiger partial charge in [-0.2, -0.15) is 0 Å². The summed E-state index contributed by atoms with van der Waals surface area (Å²) in [5.41, 5.74) is 0.769. The first-order valence-electron chi connectivity index (χ1n) is 17.7. The molecular formula is C37H57N5O7. The SMILES string of the molecule is CC(C)[C@@H](CCOC(=O)C(C)(C)C)C[C@H](O)[C@H](CC1CCCCC1)NC(=O)C(Cc1cnc[nH]1)NC(=O)[C@H](Cc1ccccc1)NC(=O)O. The van der Waals surface area contributed by atoms with E-state index in [2.05, 4.69) is 39.8 Å². The van der Waals surface area contributed by atoms with Crippen molar-refractivity contribution >= 4 is 23.9 Å². The molecular weight excluding hydrogens is 626 g/mol. The van der Waals surface area contributed by atoms with Crippen LogP contribution < -0.4 is 16.0 Å². The minimum Gasteiger partial charge on any atom is -0.465 e. The summed E-state index contributed by atoms with van der Waals surface area (Å²) in [6.45, 7) is 9.83. The van der Waals surface area contributed by atoms with E-state index in [0.29, 0.717) is 30.9 Å². The highest BCUT2D eigenvalue weighted by Gasteiger charge is 2.33. The lowest BCUT2D eigenvalue weighted by atomic mass is 9.80. The zero-order valence-electron chi connectivity index (χ0n) is 29.7. The highest BCUT2D eigenvalue weighted by Crippen LogP contribution is 2.30. The first kappa shape index (κ1) is 39.5. The fourth-order valence-corrected chi connectivity index (χ4v) is 6.40. The van der Waals surface area contributed by atoms with Gasteiger partial charge in [0, 0.05) is 24.7 Å². The van der Waals surface area contributed by atoms with Crippen molar-refractivity contribution in [1.82, 2.24) is 25.9 Å². The highest BCUT2D eigenvalue weighted by molar-refractivity contribution is 5.91. The molecule has 1 heterocycles. The molecule has 3 amide bonds. The van der Waals surface area contributed by atoms with Gasteiger partial charge in [0.25, 0.3) is 0 Å². The Hall–Kier alpha value is -3.93. The summed E-state index contributed by atoms with van der Waals surface area (Å²) in [5.74, 6) is -0.807. The van der Waals surface area contributed by atoms with Crippen LogP contribution in [0.5, 0.6) is 0 Å². The second-order valence-corrected chi connectivity index (χ2v) is 14.9. The number of carbonyl (C=O) groups excluding carboxylic acids is 3. The van der Waals surface area contributed by atoms with Crippen molar-refractivity contribution in [3.05, 3.63) is 54.1 Å². The number of imidazole rings is 1. The third-order valence-corrected chi connectivity index (χ3v) is 9.43. The fourth-order valence-electron chi connectivity index (χ4n) is 6.40. The zero-order chi connectivity index (χ0) is 36.0. The van der Waals surface area contributed by atoms with Crippen molar-refractivity contribution in [3.8, 4) is 0 Å². The molecule has 272 valence electrons. The molecule has 1 fully saturated rings. The third kappa shape index (κ3) is 13.8. The number of aliphatic hydroxyl groups is 1. The van der Waals surface area contributed by atoms with Gasteiger partial charge in [-0.1, -0.05) is 76.3 Å². The van der Waals surface area contributed by atoms with Crippen LogP contribution in [-0.2, 0) is 32.0 Å². The van der Waals surface area contributed by atoms with Gasteiger partial charge in [-0.15, -0.1) is 0 Å². The summed E-state index contributed by atoms with van der Waals surface area (Å²) >= 11 is 0. The van der Waals surface area contributed by atoms with Gasteiger partial charge in [-0.3, -0.25) is 14.4 Å².